The second-order valence-electron chi connectivity index (χ2n) is 6.88. The van der Waals surface area contributed by atoms with Crippen molar-refractivity contribution < 1.29 is 0 Å². The summed E-state index contributed by atoms with van der Waals surface area (Å²) in [6.45, 7) is 1.92. The van der Waals surface area contributed by atoms with Crippen LogP contribution in [-0.2, 0) is 0 Å². The van der Waals surface area contributed by atoms with E-state index < -0.39 is 0 Å². The minimum Gasteiger partial charge on any atom is -0.309 e. The third kappa shape index (κ3) is 2.47. The van der Waals surface area contributed by atoms with Crippen molar-refractivity contribution in [1.82, 2.24) is 9.55 Å². The van der Waals surface area contributed by atoms with Crippen molar-refractivity contribution >= 4 is 21.8 Å². The molecule has 0 saturated carbocycles. The Morgan fingerprint density at radius 1 is 0.786 bits per heavy atom. The van der Waals surface area contributed by atoms with Crippen LogP contribution >= 0.6 is 0 Å². The summed E-state index contributed by atoms with van der Waals surface area (Å²) in [5.41, 5.74) is 6.79. The Labute approximate surface area is 163 Å². The third-order valence-corrected chi connectivity index (χ3v) is 5.10. The van der Waals surface area contributed by atoms with Crippen LogP contribution in [0.4, 0.5) is 0 Å². The molecule has 0 atom stereocenters. The minimum atomic E-state index is 0.437. The molecule has 0 unspecified atom stereocenters. The molecule has 0 aliphatic carbocycles. The molecule has 0 amide bonds. The van der Waals surface area contributed by atoms with E-state index in [-0.39, 0.29) is 0 Å². The summed E-state index contributed by atoms with van der Waals surface area (Å²) in [4.78, 5) is 4.30. The molecule has 28 heavy (non-hydrogen) atoms. The number of nitrogens with zero attached hydrogens (tertiary/aromatic N) is 3. The number of nitriles is 1. The van der Waals surface area contributed by atoms with Gasteiger partial charge in [0.1, 0.15) is 11.8 Å². The highest BCUT2D eigenvalue weighted by Crippen LogP contribution is 2.36. The van der Waals surface area contributed by atoms with Gasteiger partial charge in [0, 0.05) is 22.0 Å². The van der Waals surface area contributed by atoms with E-state index in [2.05, 4.69) is 82.4 Å². The van der Waals surface area contributed by atoms with E-state index in [1.165, 1.54) is 21.8 Å². The minimum absolute atomic E-state index is 0.437. The molecule has 3 heteroatoms. The molecule has 0 radical (unpaired) electrons. The Kier molecular flexibility index (Phi) is 3.70. The monoisotopic (exact) mass is 359 g/mol. The maximum atomic E-state index is 9.35. The number of hydrogen-bond acceptors (Lipinski definition) is 2. The van der Waals surface area contributed by atoms with Gasteiger partial charge in [0.2, 0.25) is 0 Å². The molecule has 0 aliphatic heterocycles. The number of pyridine rings is 1. The second kappa shape index (κ2) is 6.37. The van der Waals surface area contributed by atoms with Crippen molar-refractivity contribution in [2.75, 3.05) is 0 Å². The standard InChI is InChI=1S/C25H17N3/c1-17-14-18(15-19(16-26)27-17)20-8-2-5-11-23(20)28-24-12-6-3-9-21(24)22-10-4-7-13-25(22)28/h2-15H,1H3. The van der Waals surface area contributed by atoms with Crippen LogP contribution in [0.2, 0.25) is 0 Å². The van der Waals surface area contributed by atoms with Gasteiger partial charge in [-0.1, -0.05) is 54.6 Å². The molecule has 132 valence electrons. The van der Waals surface area contributed by atoms with E-state index in [4.69, 9.17) is 0 Å². The fourth-order valence-corrected chi connectivity index (χ4v) is 3.98. The molecule has 3 aromatic carbocycles. The van der Waals surface area contributed by atoms with Crippen LogP contribution in [0.15, 0.2) is 84.9 Å². The molecule has 0 aliphatic rings. The quantitative estimate of drug-likeness (QED) is 0.386. The van der Waals surface area contributed by atoms with Crippen molar-refractivity contribution in [1.29, 1.82) is 5.26 Å². The van der Waals surface area contributed by atoms with Gasteiger partial charge >= 0.3 is 0 Å². The van der Waals surface area contributed by atoms with E-state index in [9.17, 15) is 5.26 Å². The zero-order chi connectivity index (χ0) is 19.1. The average molecular weight is 359 g/mol. The smallest absolute Gasteiger partial charge is 0.141 e. The molecule has 0 saturated heterocycles. The van der Waals surface area contributed by atoms with E-state index in [1.807, 2.05) is 25.1 Å². The number of hydrogen-bond donors (Lipinski definition) is 0. The molecule has 5 rings (SSSR count). The lowest BCUT2D eigenvalue weighted by atomic mass is 10.0. The lowest BCUT2D eigenvalue weighted by molar-refractivity contribution is 1.15. The van der Waals surface area contributed by atoms with E-state index in [0.29, 0.717) is 5.69 Å². The predicted octanol–water partition coefficient (Wildman–Crippen LogP) is 6.03. The molecule has 0 fully saturated rings. The highest BCUT2D eigenvalue weighted by molar-refractivity contribution is 6.09. The van der Waals surface area contributed by atoms with Crippen LogP contribution in [0.5, 0.6) is 0 Å². The van der Waals surface area contributed by atoms with Gasteiger partial charge in [0.15, 0.2) is 0 Å². The van der Waals surface area contributed by atoms with Gasteiger partial charge in [-0.3, -0.25) is 0 Å². The van der Waals surface area contributed by atoms with Crippen molar-refractivity contribution in [3.63, 3.8) is 0 Å². The summed E-state index contributed by atoms with van der Waals surface area (Å²) in [5, 5.41) is 11.8. The summed E-state index contributed by atoms with van der Waals surface area (Å²) < 4.78 is 2.31. The molecule has 2 heterocycles. The lowest BCUT2D eigenvalue weighted by Gasteiger charge is -2.14. The van der Waals surface area contributed by atoms with Gasteiger partial charge in [-0.2, -0.15) is 5.26 Å². The molecule has 0 N–H and O–H groups in total. The first-order chi connectivity index (χ1) is 13.8. The average Bonchev–Trinajstić information content (AvgIpc) is 3.07. The summed E-state index contributed by atoms with van der Waals surface area (Å²) in [6, 6.07) is 31.4. The van der Waals surface area contributed by atoms with Crippen LogP contribution in [0, 0.1) is 18.3 Å². The van der Waals surface area contributed by atoms with E-state index in [1.54, 1.807) is 0 Å². The van der Waals surface area contributed by atoms with Crippen molar-refractivity contribution in [2.45, 2.75) is 6.92 Å². The third-order valence-electron chi connectivity index (χ3n) is 5.10. The van der Waals surface area contributed by atoms with Crippen LogP contribution in [0.25, 0.3) is 38.6 Å². The number of aromatic nitrogens is 2. The maximum Gasteiger partial charge on any atom is 0.141 e. The number of aryl methyl sites for hydroxylation is 1. The lowest BCUT2D eigenvalue weighted by Crippen LogP contribution is -1.98. The summed E-state index contributed by atoms with van der Waals surface area (Å²) in [5.74, 6) is 0. The molecular weight excluding hydrogens is 342 g/mol. The van der Waals surface area contributed by atoms with Crippen molar-refractivity contribution in [2.24, 2.45) is 0 Å². The van der Waals surface area contributed by atoms with E-state index in [0.717, 1.165) is 22.5 Å². The molecule has 5 aromatic rings. The fraction of sp³-hybridized carbons (Fsp3) is 0.0400. The van der Waals surface area contributed by atoms with Crippen LogP contribution < -0.4 is 0 Å². The van der Waals surface area contributed by atoms with Gasteiger partial charge in [0.05, 0.1) is 16.7 Å². The summed E-state index contributed by atoms with van der Waals surface area (Å²) in [6.07, 6.45) is 0. The zero-order valence-corrected chi connectivity index (χ0v) is 15.4. The normalized spacial score (nSPS) is 11.0. The van der Waals surface area contributed by atoms with Gasteiger partial charge < -0.3 is 4.57 Å². The van der Waals surface area contributed by atoms with Crippen LogP contribution in [-0.4, -0.2) is 9.55 Å². The van der Waals surface area contributed by atoms with E-state index >= 15 is 0 Å². The van der Waals surface area contributed by atoms with Gasteiger partial charge in [-0.25, -0.2) is 4.98 Å². The van der Waals surface area contributed by atoms with Gasteiger partial charge in [0.25, 0.3) is 0 Å². The van der Waals surface area contributed by atoms with Gasteiger partial charge in [-0.05, 0) is 42.8 Å². The Hall–Kier alpha value is -3.90. The molecule has 0 bridgehead atoms. The number of benzene rings is 3. The maximum absolute atomic E-state index is 9.35. The van der Waals surface area contributed by atoms with Gasteiger partial charge in [-0.15, -0.1) is 0 Å². The zero-order valence-electron chi connectivity index (χ0n) is 15.4. The SMILES string of the molecule is Cc1cc(-c2ccccc2-n2c3ccccc3c3ccccc32)cc(C#N)n1. The first kappa shape index (κ1) is 16.3. The first-order valence-electron chi connectivity index (χ1n) is 9.23. The Balaban J connectivity index is 1.88. The predicted molar refractivity (Wildman–Crippen MR) is 113 cm³/mol. The molecule has 3 nitrogen and oxygen atoms in total. The summed E-state index contributed by atoms with van der Waals surface area (Å²) >= 11 is 0. The van der Waals surface area contributed by atoms with Crippen molar-refractivity contribution in [3.05, 3.63) is 96.3 Å². The van der Waals surface area contributed by atoms with Crippen molar-refractivity contribution in [3.8, 4) is 22.9 Å². The largest absolute Gasteiger partial charge is 0.309 e. The Morgan fingerprint density at radius 2 is 1.39 bits per heavy atom. The highest BCUT2D eigenvalue weighted by Gasteiger charge is 2.15. The summed E-state index contributed by atoms with van der Waals surface area (Å²) in [7, 11) is 0. The topological polar surface area (TPSA) is 41.6 Å². The van der Waals surface area contributed by atoms with Crippen LogP contribution in [0.3, 0.4) is 0 Å². The molecule has 0 spiro atoms. The number of rotatable bonds is 2. The first-order valence-corrected chi connectivity index (χ1v) is 9.23. The number of para-hydroxylation sites is 3. The fourth-order valence-electron chi connectivity index (χ4n) is 3.98. The molecular formula is C25H17N3. The Bertz CT molecular complexity index is 1330. The highest BCUT2D eigenvalue weighted by atomic mass is 15.0. The van der Waals surface area contributed by atoms with Crippen LogP contribution in [0.1, 0.15) is 11.4 Å². The number of fused-ring (bicyclic) bond motifs is 3. The molecule has 2 aromatic heterocycles. The second-order valence-corrected chi connectivity index (χ2v) is 6.88. The Morgan fingerprint density at radius 3 is 2.07 bits per heavy atom.